The van der Waals surface area contributed by atoms with Crippen LogP contribution in [-0.2, 0) is 6.42 Å². The lowest BCUT2D eigenvalue weighted by atomic mass is 10.1. The molecule has 134 valence electrons. The number of rotatable bonds is 4. The summed E-state index contributed by atoms with van der Waals surface area (Å²) in [6.45, 7) is 8.17. The molecule has 1 heterocycles. The first-order valence-electron chi connectivity index (χ1n) is 8.77. The number of benzene rings is 2. The zero-order valence-corrected chi connectivity index (χ0v) is 16.3. The highest BCUT2D eigenvalue weighted by atomic mass is 35.5. The second-order valence-electron chi connectivity index (χ2n) is 6.53. The van der Waals surface area contributed by atoms with Crippen LogP contribution in [0.3, 0.4) is 0 Å². The molecule has 3 aromatic rings. The van der Waals surface area contributed by atoms with E-state index in [1.807, 2.05) is 51.1 Å². The number of para-hydroxylation sites is 1. The molecule has 0 bridgehead atoms. The third-order valence-electron chi connectivity index (χ3n) is 4.70. The standard InChI is InChI=1S/C22H23ClN2O/c1-5-17-8-6-7-14(2)21(17)24-22(26)19-13-18(11-12-20(19)23)25-15(3)9-10-16(25)4/h6-13H,5H2,1-4H3,(H,24,26). The smallest absolute Gasteiger partial charge is 0.257 e. The van der Waals surface area contributed by atoms with Crippen molar-refractivity contribution in [1.82, 2.24) is 4.57 Å². The lowest BCUT2D eigenvalue weighted by molar-refractivity contribution is 0.102. The first kappa shape index (κ1) is 18.3. The SMILES string of the molecule is CCc1cccc(C)c1NC(=O)c1cc(-n2c(C)ccc2C)ccc1Cl. The van der Waals surface area contributed by atoms with Gasteiger partial charge in [-0.15, -0.1) is 0 Å². The number of aryl methyl sites for hydroxylation is 4. The van der Waals surface area contributed by atoms with E-state index in [9.17, 15) is 4.79 Å². The van der Waals surface area contributed by atoms with Gasteiger partial charge in [-0.2, -0.15) is 0 Å². The molecule has 1 amide bonds. The zero-order chi connectivity index (χ0) is 18.8. The van der Waals surface area contributed by atoms with Gasteiger partial charge in [-0.1, -0.05) is 36.7 Å². The Hall–Kier alpha value is -2.52. The summed E-state index contributed by atoms with van der Waals surface area (Å²) >= 11 is 6.34. The minimum absolute atomic E-state index is 0.191. The molecule has 0 aliphatic rings. The van der Waals surface area contributed by atoms with Gasteiger partial charge in [0.1, 0.15) is 0 Å². The fourth-order valence-corrected chi connectivity index (χ4v) is 3.49. The van der Waals surface area contributed by atoms with Crippen LogP contribution in [0.25, 0.3) is 5.69 Å². The minimum atomic E-state index is -0.191. The van der Waals surface area contributed by atoms with Gasteiger partial charge in [0.2, 0.25) is 0 Å². The summed E-state index contributed by atoms with van der Waals surface area (Å²) in [5.74, 6) is -0.191. The monoisotopic (exact) mass is 366 g/mol. The van der Waals surface area contributed by atoms with Crippen LogP contribution in [0.1, 0.15) is 39.8 Å². The third-order valence-corrected chi connectivity index (χ3v) is 5.03. The molecule has 0 unspecified atom stereocenters. The van der Waals surface area contributed by atoms with Crippen LogP contribution in [0.2, 0.25) is 5.02 Å². The molecule has 3 nitrogen and oxygen atoms in total. The Kier molecular flexibility index (Phi) is 5.19. The van der Waals surface area contributed by atoms with E-state index in [2.05, 4.69) is 28.9 Å². The van der Waals surface area contributed by atoms with Crippen molar-refractivity contribution < 1.29 is 4.79 Å². The first-order chi connectivity index (χ1) is 12.4. The van der Waals surface area contributed by atoms with Gasteiger partial charge in [0, 0.05) is 22.8 Å². The van der Waals surface area contributed by atoms with Gasteiger partial charge in [-0.25, -0.2) is 0 Å². The molecule has 3 rings (SSSR count). The molecule has 0 spiro atoms. The van der Waals surface area contributed by atoms with Crippen LogP contribution in [-0.4, -0.2) is 10.5 Å². The molecule has 0 fully saturated rings. The second-order valence-corrected chi connectivity index (χ2v) is 6.94. The lowest BCUT2D eigenvalue weighted by Gasteiger charge is -2.15. The quantitative estimate of drug-likeness (QED) is 0.615. The normalized spacial score (nSPS) is 10.8. The predicted octanol–water partition coefficient (Wildman–Crippen LogP) is 5.87. The van der Waals surface area contributed by atoms with Gasteiger partial charge in [0.05, 0.1) is 10.6 Å². The Morgan fingerprint density at radius 2 is 1.73 bits per heavy atom. The van der Waals surface area contributed by atoms with Gasteiger partial charge in [-0.3, -0.25) is 4.79 Å². The van der Waals surface area contributed by atoms with Crippen molar-refractivity contribution in [3.63, 3.8) is 0 Å². The van der Waals surface area contributed by atoms with Gasteiger partial charge in [-0.05, 0) is 68.7 Å². The maximum Gasteiger partial charge on any atom is 0.257 e. The summed E-state index contributed by atoms with van der Waals surface area (Å²) < 4.78 is 2.11. The van der Waals surface area contributed by atoms with E-state index in [0.717, 1.165) is 40.3 Å². The van der Waals surface area contributed by atoms with E-state index in [0.29, 0.717) is 10.6 Å². The molecule has 0 aliphatic heterocycles. The average molecular weight is 367 g/mol. The number of hydrogen-bond acceptors (Lipinski definition) is 1. The van der Waals surface area contributed by atoms with Crippen molar-refractivity contribution in [3.05, 3.63) is 81.6 Å². The van der Waals surface area contributed by atoms with E-state index >= 15 is 0 Å². The molecule has 1 N–H and O–H groups in total. The Labute approximate surface area is 159 Å². The summed E-state index contributed by atoms with van der Waals surface area (Å²) in [6.07, 6.45) is 0.854. The maximum absolute atomic E-state index is 12.9. The molecular weight excluding hydrogens is 344 g/mol. The third kappa shape index (κ3) is 3.40. The van der Waals surface area contributed by atoms with Crippen molar-refractivity contribution >= 4 is 23.2 Å². The molecule has 0 saturated carbocycles. The van der Waals surface area contributed by atoms with E-state index in [1.54, 1.807) is 6.07 Å². The maximum atomic E-state index is 12.9. The Morgan fingerprint density at radius 3 is 2.38 bits per heavy atom. The summed E-state index contributed by atoms with van der Waals surface area (Å²) in [5.41, 5.74) is 6.66. The van der Waals surface area contributed by atoms with Crippen LogP contribution in [0.5, 0.6) is 0 Å². The number of aromatic nitrogens is 1. The van der Waals surface area contributed by atoms with Crippen LogP contribution in [0.15, 0.2) is 48.5 Å². The minimum Gasteiger partial charge on any atom is -0.321 e. The highest BCUT2D eigenvalue weighted by Gasteiger charge is 2.15. The highest BCUT2D eigenvalue weighted by molar-refractivity contribution is 6.34. The molecule has 0 saturated heterocycles. The lowest BCUT2D eigenvalue weighted by Crippen LogP contribution is -2.15. The molecule has 2 aromatic carbocycles. The molecule has 4 heteroatoms. The van der Waals surface area contributed by atoms with Crippen molar-refractivity contribution in [1.29, 1.82) is 0 Å². The van der Waals surface area contributed by atoms with Crippen molar-refractivity contribution in [2.75, 3.05) is 5.32 Å². The van der Waals surface area contributed by atoms with E-state index in [1.165, 1.54) is 0 Å². The number of nitrogens with one attached hydrogen (secondary N) is 1. The van der Waals surface area contributed by atoms with Gasteiger partial charge >= 0.3 is 0 Å². The Morgan fingerprint density at radius 1 is 1.04 bits per heavy atom. The van der Waals surface area contributed by atoms with Crippen molar-refractivity contribution in [2.24, 2.45) is 0 Å². The first-order valence-corrected chi connectivity index (χ1v) is 9.15. The van der Waals surface area contributed by atoms with Gasteiger partial charge in [0.15, 0.2) is 0 Å². The number of halogens is 1. The average Bonchev–Trinajstić information content (AvgIpc) is 2.95. The van der Waals surface area contributed by atoms with Crippen LogP contribution in [0.4, 0.5) is 5.69 Å². The molecule has 0 aliphatic carbocycles. The largest absolute Gasteiger partial charge is 0.321 e. The number of carbonyl (C=O) groups is 1. The van der Waals surface area contributed by atoms with Crippen molar-refractivity contribution in [2.45, 2.75) is 34.1 Å². The van der Waals surface area contributed by atoms with Crippen LogP contribution >= 0.6 is 11.6 Å². The topological polar surface area (TPSA) is 34.0 Å². The van der Waals surface area contributed by atoms with E-state index < -0.39 is 0 Å². The summed E-state index contributed by atoms with van der Waals surface area (Å²) in [7, 11) is 0. The van der Waals surface area contributed by atoms with Crippen LogP contribution < -0.4 is 5.32 Å². The molecule has 0 radical (unpaired) electrons. The number of anilines is 1. The van der Waals surface area contributed by atoms with Crippen LogP contribution in [0, 0.1) is 20.8 Å². The summed E-state index contributed by atoms with van der Waals surface area (Å²) in [5, 5.41) is 3.50. The molecule has 26 heavy (non-hydrogen) atoms. The van der Waals surface area contributed by atoms with Crippen molar-refractivity contribution in [3.8, 4) is 5.69 Å². The molecule has 1 aromatic heterocycles. The fourth-order valence-electron chi connectivity index (χ4n) is 3.28. The Bertz CT molecular complexity index is 953. The predicted molar refractivity (Wildman–Crippen MR) is 109 cm³/mol. The Balaban J connectivity index is 2.00. The number of carbonyl (C=O) groups excluding carboxylic acids is 1. The number of nitrogens with zero attached hydrogens (tertiary/aromatic N) is 1. The molecular formula is C22H23ClN2O. The molecule has 0 atom stereocenters. The zero-order valence-electron chi connectivity index (χ0n) is 15.6. The summed E-state index contributed by atoms with van der Waals surface area (Å²) in [4.78, 5) is 12.9. The summed E-state index contributed by atoms with van der Waals surface area (Å²) in [6, 6.07) is 15.7. The number of hydrogen-bond donors (Lipinski definition) is 1. The fraction of sp³-hybridized carbons (Fsp3) is 0.227. The van der Waals surface area contributed by atoms with Gasteiger partial charge < -0.3 is 9.88 Å². The highest BCUT2D eigenvalue weighted by Crippen LogP contribution is 2.26. The van der Waals surface area contributed by atoms with E-state index in [4.69, 9.17) is 11.6 Å². The van der Waals surface area contributed by atoms with Gasteiger partial charge in [0.25, 0.3) is 5.91 Å². The second kappa shape index (κ2) is 7.38. The van der Waals surface area contributed by atoms with E-state index in [-0.39, 0.29) is 5.91 Å². The number of amides is 1.